The molecule has 1 amide bonds. The third kappa shape index (κ3) is 5.45. The molecule has 1 saturated carbocycles. The first kappa shape index (κ1) is 18.7. The summed E-state index contributed by atoms with van der Waals surface area (Å²) in [6, 6.07) is 11.9. The van der Waals surface area contributed by atoms with Gasteiger partial charge in [-0.1, -0.05) is 6.07 Å². The molecule has 0 bridgehead atoms. The second-order valence-corrected chi connectivity index (χ2v) is 7.60. The largest absolute Gasteiger partial charge is 0.456 e. The van der Waals surface area contributed by atoms with E-state index in [2.05, 4.69) is 21.3 Å². The van der Waals surface area contributed by atoms with Crippen LogP contribution in [0.3, 0.4) is 0 Å². The van der Waals surface area contributed by atoms with E-state index < -0.39 is 0 Å². The van der Waals surface area contributed by atoms with Gasteiger partial charge in [0.2, 0.25) is 5.91 Å². The molecule has 1 saturated heterocycles. The minimum Gasteiger partial charge on any atom is -0.456 e. The van der Waals surface area contributed by atoms with Gasteiger partial charge in [-0.3, -0.25) is 9.78 Å². The first-order valence-corrected chi connectivity index (χ1v) is 10.1. The quantitative estimate of drug-likeness (QED) is 0.759. The van der Waals surface area contributed by atoms with Crippen molar-refractivity contribution in [1.29, 1.82) is 0 Å². The van der Waals surface area contributed by atoms with Gasteiger partial charge in [-0.25, -0.2) is 0 Å². The second-order valence-electron chi connectivity index (χ2n) is 7.60. The lowest BCUT2D eigenvalue weighted by Gasteiger charge is -2.35. The monoisotopic (exact) mass is 381 g/mol. The minimum absolute atomic E-state index is 0.0128. The molecule has 4 rings (SSSR count). The number of amides is 1. The molecule has 1 atom stereocenters. The highest BCUT2D eigenvalue weighted by atomic mass is 16.5. The zero-order valence-electron chi connectivity index (χ0n) is 16.0. The maximum absolute atomic E-state index is 12.1. The molecule has 2 fully saturated rings. The first-order valence-electron chi connectivity index (χ1n) is 10.1. The SMILES string of the molecule is O=C(COCC1CC1)N[C@H]1CCCN(c2cccc(Oc3cccnc3)c2)C1. The smallest absolute Gasteiger partial charge is 0.246 e. The summed E-state index contributed by atoms with van der Waals surface area (Å²) in [5.74, 6) is 2.17. The fourth-order valence-corrected chi connectivity index (χ4v) is 3.49. The Morgan fingerprint density at radius 2 is 2.07 bits per heavy atom. The zero-order valence-corrected chi connectivity index (χ0v) is 16.0. The lowest BCUT2D eigenvalue weighted by atomic mass is 10.0. The molecule has 2 heterocycles. The van der Waals surface area contributed by atoms with Crippen molar-refractivity contribution in [2.45, 2.75) is 31.7 Å². The van der Waals surface area contributed by atoms with Crippen molar-refractivity contribution in [3.05, 3.63) is 48.8 Å². The van der Waals surface area contributed by atoms with Crippen LogP contribution in [0.4, 0.5) is 5.69 Å². The van der Waals surface area contributed by atoms with Crippen LogP contribution in [0, 0.1) is 5.92 Å². The summed E-state index contributed by atoms with van der Waals surface area (Å²) in [7, 11) is 0. The van der Waals surface area contributed by atoms with Crippen molar-refractivity contribution in [1.82, 2.24) is 10.3 Å². The van der Waals surface area contributed by atoms with Crippen molar-refractivity contribution in [3.8, 4) is 11.5 Å². The molecule has 6 heteroatoms. The van der Waals surface area contributed by atoms with Gasteiger partial charge in [-0.15, -0.1) is 0 Å². The van der Waals surface area contributed by atoms with E-state index in [1.807, 2.05) is 30.3 Å². The van der Waals surface area contributed by atoms with E-state index in [0.717, 1.165) is 43.1 Å². The van der Waals surface area contributed by atoms with E-state index >= 15 is 0 Å². The van der Waals surface area contributed by atoms with Gasteiger partial charge in [0, 0.05) is 37.1 Å². The topological polar surface area (TPSA) is 63.7 Å². The van der Waals surface area contributed by atoms with Gasteiger partial charge >= 0.3 is 0 Å². The molecule has 0 radical (unpaired) electrons. The molecule has 6 nitrogen and oxygen atoms in total. The fourth-order valence-electron chi connectivity index (χ4n) is 3.49. The average molecular weight is 381 g/mol. The highest BCUT2D eigenvalue weighted by molar-refractivity contribution is 5.77. The number of pyridine rings is 1. The highest BCUT2D eigenvalue weighted by Gasteiger charge is 2.24. The zero-order chi connectivity index (χ0) is 19.2. The third-order valence-corrected chi connectivity index (χ3v) is 5.12. The number of anilines is 1. The lowest BCUT2D eigenvalue weighted by molar-refractivity contribution is -0.126. The number of benzene rings is 1. The Bertz CT molecular complexity index is 780. The molecule has 1 aliphatic heterocycles. The summed E-state index contributed by atoms with van der Waals surface area (Å²) < 4.78 is 11.4. The van der Waals surface area contributed by atoms with Gasteiger partial charge in [0.25, 0.3) is 0 Å². The second kappa shape index (κ2) is 9.06. The van der Waals surface area contributed by atoms with Crippen LogP contribution < -0.4 is 15.0 Å². The standard InChI is InChI=1S/C22H27N3O3/c26-22(16-27-15-17-8-9-17)24-18-4-3-11-25(14-18)19-5-1-6-20(12-19)28-21-7-2-10-23-13-21/h1-2,5-7,10,12-13,17-18H,3-4,8-9,11,14-16H2,(H,24,26)/t18-/m0/s1. The van der Waals surface area contributed by atoms with Gasteiger partial charge in [0.05, 0.1) is 12.8 Å². The predicted octanol–water partition coefficient (Wildman–Crippen LogP) is 3.39. The summed E-state index contributed by atoms with van der Waals surface area (Å²) in [5, 5.41) is 3.12. The van der Waals surface area contributed by atoms with Crippen LogP contribution in [-0.2, 0) is 9.53 Å². The Hall–Kier alpha value is -2.60. The molecule has 1 aliphatic carbocycles. The van der Waals surface area contributed by atoms with Gasteiger partial charge in [0.15, 0.2) is 0 Å². The molecule has 1 aromatic carbocycles. The van der Waals surface area contributed by atoms with E-state index in [9.17, 15) is 4.79 Å². The average Bonchev–Trinajstić information content (AvgIpc) is 3.54. The molecule has 2 aromatic rings. The van der Waals surface area contributed by atoms with Crippen LogP contribution in [0.1, 0.15) is 25.7 Å². The highest BCUT2D eigenvalue weighted by Crippen LogP contribution is 2.29. The van der Waals surface area contributed by atoms with E-state index in [0.29, 0.717) is 12.5 Å². The normalized spacial score (nSPS) is 19.3. The Labute approximate surface area is 165 Å². The van der Waals surface area contributed by atoms with Gasteiger partial charge in [0.1, 0.15) is 18.1 Å². The molecule has 1 N–H and O–H groups in total. The minimum atomic E-state index is -0.0128. The summed E-state index contributed by atoms with van der Waals surface area (Å²) >= 11 is 0. The maximum Gasteiger partial charge on any atom is 0.246 e. The number of hydrogen-bond acceptors (Lipinski definition) is 5. The first-order chi connectivity index (χ1) is 13.8. The van der Waals surface area contributed by atoms with Gasteiger partial charge < -0.3 is 19.7 Å². The van der Waals surface area contributed by atoms with Crippen LogP contribution >= 0.6 is 0 Å². The van der Waals surface area contributed by atoms with Crippen LogP contribution in [-0.4, -0.2) is 43.2 Å². The van der Waals surface area contributed by atoms with E-state index in [4.69, 9.17) is 9.47 Å². The number of piperidine rings is 1. The summed E-state index contributed by atoms with van der Waals surface area (Å²) in [6.07, 6.45) is 7.94. The molecule has 148 valence electrons. The molecule has 1 aromatic heterocycles. The molecule has 28 heavy (non-hydrogen) atoms. The van der Waals surface area contributed by atoms with E-state index in [1.165, 1.54) is 12.8 Å². The van der Waals surface area contributed by atoms with Crippen molar-refractivity contribution >= 4 is 11.6 Å². The van der Waals surface area contributed by atoms with Gasteiger partial charge in [-0.2, -0.15) is 0 Å². The van der Waals surface area contributed by atoms with Crippen LogP contribution in [0.5, 0.6) is 11.5 Å². The van der Waals surface area contributed by atoms with Gasteiger partial charge in [-0.05, 0) is 55.9 Å². The molecular formula is C22H27N3O3. The maximum atomic E-state index is 12.1. The van der Waals surface area contributed by atoms with Crippen LogP contribution in [0.2, 0.25) is 0 Å². The lowest BCUT2D eigenvalue weighted by Crippen LogP contribution is -2.48. The molecule has 0 unspecified atom stereocenters. The fraction of sp³-hybridized carbons (Fsp3) is 0.455. The van der Waals surface area contributed by atoms with Crippen molar-refractivity contribution in [2.75, 3.05) is 31.2 Å². The van der Waals surface area contributed by atoms with Crippen LogP contribution in [0.25, 0.3) is 0 Å². The summed E-state index contributed by atoms with van der Waals surface area (Å²) in [6.45, 7) is 2.65. The molecule has 0 spiro atoms. The number of aromatic nitrogens is 1. The Balaban J connectivity index is 1.31. The predicted molar refractivity (Wildman–Crippen MR) is 108 cm³/mol. The van der Waals surface area contributed by atoms with Crippen molar-refractivity contribution < 1.29 is 14.3 Å². The molecule has 2 aliphatic rings. The number of hydrogen-bond donors (Lipinski definition) is 1. The Kier molecular flexibility index (Phi) is 6.07. The van der Waals surface area contributed by atoms with E-state index in [-0.39, 0.29) is 18.6 Å². The van der Waals surface area contributed by atoms with E-state index in [1.54, 1.807) is 12.4 Å². The summed E-state index contributed by atoms with van der Waals surface area (Å²) in [5.41, 5.74) is 1.10. The molecular weight excluding hydrogens is 354 g/mol. The number of nitrogens with one attached hydrogen (secondary N) is 1. The summed E-state index contributed by atoms with van der Waals surface area (Å²) in [4.78, 5) is 18.5. The third-order valence-electron chi connectivity index (χ3n) is 5.12. The Morgan fingerprint density at radius 1 is 1.18 bits per heavy atom. The van der Waals surface area contributed by atoms with Crippen molar-refractivity contribution in [2.24, 2.45) is 5.92 Å². The van der Waals surface area contributed by atoms with Crippen molar-refractivity contribution in [3.63, 3.8) is 0 Å². The number of nitrogens with zero attached hydrogens (tertiary/aromatic N) is 2. The number of carbonyl (C=O) groups excluding carboxylic acids is 1. The Morgan fingerprint density at radius 3 is 2.89 bits per heavy atom. The van der Waals surface area contributed by atoms with Crippen LogP contribution in [0.15, 0.2) is 48.8 Å². The number of rotatable bonds is 8. The number of ether oxygens (including phenoxy) is 2. The number of carbonyl (C=O) groups is 1.